The number of nitrogens with zero attached hydrogens (tertiary/aromatic N) is 2. The van der Waals surface area contributed by atoms with E-state index in [9.17, 15) is 4.79 Å². The van der Waals surface area contributed by atoms with Gasteiger partial charge in [-0.1, -0.05) is 17.7 Å². The maximum Gasteiger partial charge on any atom is 0.226 e. The average Bonchev–Trinajstić information content (AvgIpc) is 3.19. The summed E-state index contributed by atoms with van der Waals surface area (Å²) in [6.45, 7) is 1.95. The molecule has 0 saturated carbocycles. The SMILES string of the molecule is Cc1c(-c2ccncc2)n[nH]c1NC(=O)CC1CCc2cc(Cl)ccc21. The number of pyridine rings is 1. The summed E-state index contributed by atoms with van der Waals surface area (Å²) in [5.74, 6) is 0.882. The van der Waals surface area contributed by atoms with E-state index in [1.165, 1.54) is 11.1 Å². The Morgan fingerprint density at radius 1 is 1.31 bits per heavy atom. The zero-order valence-corrected chi connectivity index (χ0v) is 15.2. The van der Waals surface area contributed by atoms with E-state index in [-0.39, 0.29) is 11.8 Å². The number of anilines is 1. The maximum atomic E-state index is 12.5. The van der Waals surface area contributed by atoms with Crippen LogP contribution < -0.4 is 5.32 Å². The van der Waals surface area contributed by atoms with Crippen LogP contribution in [0.25, 0.3) is 11.3 Å². The summed E-state index contributed by atoms with van der Waals surface area (Å²) in [5, 5.41) is 11.0. The smallest absolute Gasteiger partial charge is 0.226 e. The molecule has 1 aromatic carbocycles. The Balaban J connectivity index is 1.46. The molecule has 5 nitrogen and oxygen atoms in total. The molecule has 26 heavy (non-hydrogen) atoms. The highest BCUT2D eigenvalue weighted by Crippen LogP contribution is 2.37. The first kappa shape index (κ1) is 16.8. The molecule has 1 atom stereocenters. The van der Waals surface area contributed by atoms with Crippen LogP contribution in [0, 0.1) is 6.92 Å². The van der Waals surface area contributed by atoms with Gasteiger partial charge in [0.15, 0.2) is 0 Å². The maximum absolute atomic E-state index is 12.5. The van der Waals surface area contributed by atoms with Crippen LogP contribution in [-0.4, -0.2) is 21.1 Å². The Morgan fingerprint density at radius 3 is 2.92 bits per heavy atom. The van der Waals surface area contributed by atoms with Crippen LogP contribution in [0.2, 0.25) is 5.02 Å². The number of carbonyl (C=O) groups excluding carboxylic acids is 1. The molecular formula is C20H19ClN4O. The third-order valence-electron chi connectivity index (χ3n) is 4.97. The first-order valence-electron chi connectivity index (χ1n) is 8.65. The standard InChI is InChI=1S/C20H19ClN4O/c1-12-19(13-6-8-22-9-7-13)24-25-20(12)23-18(26)11-15-3-2-14-10-16(21)4-5-17(14)15/h4-10,15H,2-3,11H2,1H3,(H2,23,24,25,26). The third-order valence-corrected chi connectivity index (χ3v) is 5.20. The van der Waals surface area contributed by atoms with E-state index in [1.807, 2.05) is 37.3 Å². The highest BCUT2D eigenvalue weighted by atomic mass is 35.5. The molecule has 1 aliphatic carbocycles. The molecule has 2 aromatic heterocycles. The number of aromatic nitrogens is 3. The number of amides is 1. The number of benzene rings is 1. The van der Waals surface area contributed by atoms with Crippen LogP contribution in [0.5, 0.6) is 0 Å². The van der Waals surface area contributed by atoms with Crippen molar-refractivity contribution in [1.82, 2.24) is 15.2 Å². The van der Waals surface area contributed by atoms with E-state index in [4.69, 9.17) is 11.6 Å². The number of carbonyl (C=O) groups is 1. The average molecular weight is 367 g/mol. The molecular weight excluding hydrogens is 348 g/mol. The van der Waals surface area contributed by atoms with E-state index in [0.717, 1.165) is 34.7 Å². The Hall–Kier alpha value is -2.66. The zero-order valence-electron chi connectivity index (χ0n) is 14.4. The van der Waals surface area contributed by atoms with Gasteiger partial charge < -0.3 is 5.32 Å². The molecule has 0 spiro atoms. The Morgan fingerprint density at radius 2 is 2.12 bits per heavy atom. The lowest BCUT2D eigenvalue weighted by atomic mass is 9.97. The van der Waals surface area contributed by atoms with Crippen LogP contribution >= 0.6 is 11.6 Å². The van der Waals surface area contributed by atoms with Gasteiger partial charge in [0.05, 0.1) is 5.69 Å². The second kappa shape index (κ2) is 6.92. The van der Waals surface area contributed by atoms with Gasteiger partial charge in [0, 0.05) is 35.0 Å². The van der Waals surface area contributed by atoms with E-state index in [2.05, 4.69) is 20.5 Å². The molecule has 0 bridgehead atoms. The number of hydrogen-bond acceptors (Lipinski definition) is 3. The lowest BCUT2D eigenvalue weighted by molar-refractivity contribution is -0.116. The summed E-state index contributed by atoms with van der Waals surface area (Å²) in [5.41, 5.74) is 5.21. The summed E-state index contributed by atoms with van der Waals surface area (Å²) in [7, 11) is 0. The van der Waals surface area contributed by atoms with Gasteiger partial charge in [-0.2, -0.15) is 5.10 Å². The third kappa shape index (κ3) is 3.22. The first-order chi connectivity index (χ1) is 12.6. The highest BCUT2D eigenvalue weighted by molar-refractivity contribution is 6.30. The molecule has 4 rings (SSSR count). The van der Waals surface area contributed by atoms with Crippen molar-refractivity contribution in [1.29, 1.82) is 0 Å². The van der Waals surface area contributed by atoms with Gasteiger partial charge >= 0.3 is 0 Å². The van der Waals surface area contributed by atoms with Crippen LogP contribution in [0.15, 0.2) is 42.7 Å². The van der Waals surface area contributed by atoms with Gasteiger partial charge in [-0.3, -0.25) is 14.9 Å². The molecule has 0 fully saturated rings. The van der Waals surface area contributed by atoms with Crippen LogP contribution in [-0.2, 0) is 11.2 Å². The Kier molecular flexibility index (Phi) is 4.47. The van der Waals surface area contributed by atoms with Crippen molar-refractivity contribution in [3.63, 3.8) is 0 Å². The van der Waals surface area contributed by atoms with Gasteiger partial charge in [-0.25, -0.2) is 0 Å². The molecule has 1 amide bonds. The van der Waals surface area contributed by atoms with Crippen molar-refractivity contribution < 1.29 is 4.79 Å². The summed E-state index contributed by atoms with van der Waals surface area (Å²) in [6, 6.07) is 9.75. The van der Waals surface area contributed by atoms with Crippen molar-refractivity contribution in [2.24, 2.45) is 0 Å². The van der Waals surface area contributed by atoms with E-state index >= 15 is 0 Å². The van der Waals surface area contributed by atoms with E-state index in [1.54, 1.807) is 12.4 Å². The predicted molar refractivity (Wildman–Crippen MR) is 102 cm³/mol. The molecule has 0 saturated heterocycles. The number of hydrogen-bond donors (Lipinski definition) is 2. The van der Waals surface area contributed by atoms with Crippen LogP contribution in [0.3, 0.4) is 0 Å². The topological polar surface area (TPSA) is 70.7 Å². The summed E-state index contributed by atoms with van der Waals surface area (Å²) in [6.07, 6.45) is 5.87. The van der Waals surface area contributed by atoms with E-state index in [0.29, 0.717) is 12.2 Å². The van der Waals surface area contributed by atoms with Crippen molar-refractivity contribution in [2.45, 2.75) is 32.1 Å². The highest BCUT2D eigenvalue weighted by Gasteiger charge is 2.25. The van der Waals surface area contributed by atoms with Crippen molar-refractivity contribution >= 4 is 23.3 Å². The fourth-order valence-corrected chi connectivity index (χ4v) is 3.81. The molecule has 6 heteroatoms. The van der Waals surface area contributed by atoms with Gasteiger partial charge in [-0.15, -0.1) is 0 Å². The molecule has 2 N–H and O–H groups in total. The largest absolute Gasteiger partial charge is 0.311 e. The summed E-state index contributed by atoms with van der Waals surface area (Å²) < 4.78 is 0. The quantitative estimate of drug-likeness (QED) is 0.714. The van der Waals surface area contributed by atoms with Crippen LogP contribution in [0.1, 0.15) is 35.4 Å². The van der Waals surface area contributed by atoms with Crippen molar-refractivity contribution in [2.75, 3.05) is 5.32 Å². The number of aromatic amines is 1. The minimum Gasteiger partial charge on any atom is -0.311 e. The number of H-pyrrole nitrogens is 1. The van der Waals surface area contributed by atoms with Crippen molar-refractivity contribution in [3.8, 4) is 11.3 Å². The van der Waals surface area contributed by atoms with Gasteiger partial charge in [0.25, 0.3) is 0 Å². The summed E-state index contributed by atoms with van der Waals surface area (Å²) in [4.78, 5) is 16.6. The minimum atomic E-state index is -0.00849. The Labute approximate surface area is 156 Å². The van der Waals surface area contributed by atoms with Gasteiger partial charge in [0.1, 0.15) is 5.82 Å². The predicted octanol–water partition coefficient (Wildman–Crippen LogP) is 4.49. The number of aryl methyl sites for hydroxylation is 1. The second-order valence-electron chi connectivity index (χ2n) is 6.64. The summed E-state index contributed by atoms with van der Waals surface area (Å²) >= 11 is 6.06. The minimum absolute atomic E-state index is 0.00849. The molecule has 1 aliphatic rings. The number of halogens is 1. The number of nitrogens with one attached hydrogen (secondary N) is 2. The molecule has 3 aromatic rings. The monoisotopic (exact) mass is 366 g/mol. The molecule has 2 heterocycles. The normalized spacial score (nSPS) is 15.7. The molecule has 1 unspecified atom stereocenters. The fourth-order valence-electron chi connectivity index (χ4n) is 3.61. The second-order valence-corrected chi connectivity index (χ2v) is 7.08. The van der Waals surface area contributed by atoms with Gasteiger partial charge in [-0.05, 0) is 61.1 Å². The van der Waals surface area contributed by atoms with Crippen LogP contribution in [0.4, 0.5) is 5.82 Å². The lowest BCUT2D eigenvalue weighted by Gasteiger charge is -2.11. The molecule has 0 aliphatic heterocycles. The van der Waals surface area contributed by atoms with E-state index < -0.39 is 0 Å². The fraction of sp³-hybridized carbons (Fsp3) is 0.250. The number of rotatable bonds is 4. The molecule has 0 radical (unpaired) electrons. The zero-order chi connectivity index (χ0) is 18.1. The van der Waals surface area contributed by atoms with Gasteiger partial charge in [0.2, 0.25) is 5.91 Å². The first-order valence-corrected chi connectivity index (χ1v) is 9.03. The number of fused-ring (bicyclic) bond motifs is 1. The Bertz CT molecular complexity index is 952. The van der Waals surface area contributed by atoms with Crippen molar-refractivity contribution in [3.05, 3.63) is 64.4 Å². The molecule has 132 valence electrons. The lowest BCUT2D eigenvalue weighted by Crippen LogP contribution is -2.15.